The maximum atomic E-state index is 15.1. The smallest absolute Gasteiger partial charge is 0.350 e. The number of hydrogen-bond donors (Lipinski definition) is 3. The van der Waals surface area contributed by atoms with Crippen LogP contribution in [0.2, 0.25) is 5.02 Å². The fourth-order valence-corrected chi connectivity index (χ4v) is 4.66. The number of aryl methyl sites for hydroxylation is 1. The highest BCUT2D eigenvalue weighted by atomic mass is 35.5. The molecule has 0 heterocycles. The third-order valence-electron chi connectivity index (χ3n) is 6.85. The minimum atomic E-state index is -4.38. The molecule has 3 N–H and O–H groups in total. The Hall–Kier alpha value is -4.11. The predicted molar refractivity (Wildman–Crippen MR) is 162 cm³/mol. The van der Waals surface area contributed by atoms with Gasteiger partial charge in [-0.05, 0) is 47.6 Å². The lowest BCUT2D eigenvalue weighted by Crippen LogP contribution is -2.59. The minimum Gasteiger partial charge on any atom is -0.350 e. The molecule has 3 aromatic rings. The summed E-state index contributed by atoms with van der Waals surface area (Å²) < 4.78 is 30.1. The van der Waals surface area contributed by atoms with Crippen LogP contribution in [0, 0.1) is 5.92 Å². The molecule has 3 aromatic carbocycles. The maximum absolute atomic E-state index is 15.1. The number of hydrogen-bond acceptors (Lipinski definition) is 4. The van der Waals surface area contributed by atoms with Gasteiger partial charge >= 0.3 is 5.92 Å². The molecule has 0 spiro atoms. The van der Waals surface area contributed by atoms with Crippen molar-refractivity contribution in [3.63, 3.8) is 0 Å². The Morgan fingerprint density at radius 2 is 1.40 bits per heavy atom. The summed E-state index contributed by atoms with van der Waals surface area (Å²) in [6.45, 7) is 2.88. The van der Waals surface area contributed by atoms with Crippen LogP contribution < -0.4 is 16.0 Å². The predicted octanol–water partition coefficient (Wildman–Crippen LogP) is 4.70. The molecule has 7 nitrogen and oxygen atoms in total. The molecule has 3 amide bonds. The summed E-state index contributed by atoms with van der Waals surface area (Å²) in [6.07, 6.45) is 0.780. The molecule has 10 heteroatoms. The van der Waals surface area contributed by atoms with Gasteiger partial charge in [-0.15, -0.1) is 0 Å². The number of benzene rings is 3. The highest BCUT2D eigenvalue weighted by molar-refractivity contribution is 6.30. The molecule has 0 unspecified atom stereocenters. The Bertz CT molecular complexity index is 1390. The van der Waals surface area contributed by atoms with E-state index in [4.69, 9.17) is 11.6 Å². The monoisotopic (exact) mass is 611 g/mol. The van der Waals surface area contributed by atoms with Gasteiger partial charge < -0.3 is 16.0 Å². The van der Waals surface area contributed by atoms with Crippen molar-refractivity contribution in [2.75, 3.05) is 6.54 Å². The van der Waals surface area contributed by atoms with Gasteiger partial charge in [0.2, 0.25) is 17.6 Å². The fourth-order valence-electron chi connectivity index (χ4n) is 4.45. The van der Waals surface area contributed by atoms with Crippen LogP contribution in [0.3, 0.4) is 0 Å². The lowest BCUT2D eigenvalue weighted by Gasteiger charge is -2.27. The summed E-state index contributed by atoms with van der Waals surface area (Å²) in [4.78, 5) is 51.6. The molecular formula is C33H36ClF2N3O4. The van der Waals surface area contributed by atoms with Gasteiger partial charge in [-0.1, -0.05) is 98.2 Å². The maximum Gasteiger partial charge on any atom is 0.383 e. The molecule has 228 valence electrons. The van der Waals surface area contributed by atoms with E-state index in [0.29, 0.717) is 23.4 Å². The van der Waals surface area contributed by atoms with E-state index in [9.17, 15) is 19.2 Å². The SMILES string of the molecule is CC(C)[C@H](NC(=O)[C@H](Cc1ccccc1)NC(=O)CCc1cccc(Cl)c1)C(=O)C(F)(F)C(=O)NCCc1ccccc1. The molecule has 0 aliphatic carbocycles. The number of rotatable bonds is 15. The van der Waals surface area contributed by atoms with Crippen molar-refractivity contribution in [1.29, 1.82) is 0 Å². The fraction of sp³-hybridized carbons (Fsp3) is 0.333. The summed E-state index contributed by atoms with van der Waals surface area (Å²) in [5.41, 5.74) is 2.39. The van der Waals surface area contributed by atoms with E-state index in [1.165, 1.54) is 13.8 Å². The highest BCUT2D eigenvalue weighted by Crippen LogP contribution is 2.21. The standard InChI is InChI=1S/C33H36ClF2N3O4/c1-22(2)29(30(41)33(35,36)32(43)37-19-18-23-10-5-3-6-11-23)39-31(42)27(21-24-12-7-4-8-13-24)38-28(40)17-16-25-14-9-15-26(34)20-25/h3-15,20,22,27,29H,16-19,21H2,1-2H3,(H,37,43)(H,38,40)(H,39,42)/t27-,29-/m0/s1. The van der Waals surface area contributed by atoms with E-state index in [1.54, 1.807) is 72.8 Å². The van der Waals surface area contributed by atoms with Gasteiger partial charge in [0, 0.05) is 24.4 Å². The van der Waals surface area contributed by atoms with Gasteiger partial charge in [0.05, 0.1) is 6.04 Å². The van der Waals surface area contributed by atoms with Crippen molar-refractivity contribution in [2.45, 2.75) is 57.5 Å². The largest absolute Gasteiger partial charge is 0.383 e. The summed E-state index contributed by atoms with van der Waals surface area (Å²) in [6, 6.07) is 22.0. The summed E-state index contributed by atoms with van der Waals surface area (Å²) in [7, 11) is 0. The number of amides is 3. The van der Waals surface area contributed by atoms with Gasteiger partial charge in [-0.2, -0.15) is 8.78 Å². The third kappa shape index (κ3) is 10.3. The summed E-state index contributed by atoms with van der Waals surface area (Å²) >= 11 is 6.02. The average Bonchev–Trinajstić information content (AvgIpc) is 2.99. The van der Waals surface area contributed by atoms with Crippen LogP contribution in [-0.4, -0.2) is 48.1 Å². The van der Waals surface area contributed by atoms with Crippen LogP contribution in [-0.2, 0) is 38.4 Å². The highest BCUT2D eigenvalue weighted by Gasteiger charge is 2.51. The quantitative estimate of drug-likeness (QED) is 0.217. The first-order chi connectivity index (χ1) is 20.5. The van der Waals surface area contributed by atoms with Gasteiger partial charge in [0.25, 0.3) is 5.91 Å². The molecule has 3 rings (SSSR count). The Balaban J connectivity index is 1.68. The van der Waals surface area contributed by atoms with Crippen LogP contribution in [0.5, 0.6) is 0 Å². The molecule has 0 aromatic heterocycles. The van der Waals surface area contributed by atoms with Crippen LogP contribution in [0.15, 0.2) is 84.9 Å². The zero-order chi connectivity index (χ0) is 31.4. The minimum absolute atomic E-state index is 0.0483. The topological polar surface area (TPSA) is 104 Å². The number of carbonyl (C=O) groups is 4. The molecule has 0 aliphatic heterocycles. The lowest BCUT2D eigenvalue weighted by molar-refractivity contribution is -0.161. The number of halogens is 3. The van der Waals surface area contributed by atoms with Gasteiger partial charge in [0.15, 0.2) is 0 Å². The summed E-state index contributed by atoms with van der Waals surface area (Å²) in [5.74, 6) is -9.86. The zero-order valence-electron chi connectivity index (χ0n) is 24.1. The van der Waals surface area contributed by atoms with E-state index in [2.05, 4.69) is 16.0 Å². The van der Waals surface area contributed by atoms with Crippen LogP contribution >= 0.6 is 11.6 Å². The number of alkyl halides is 2. The van der Waals surface area contributed by atoms with Crippen molar-refractivity contribution in [2.24, 2.45) is 5.92 Å². The van der Waals surface area contributed by atoms with Crippen molar-refractivity contribution < 1.29 is 28.0 Å². The number of nitrogens with one attached hydrogen (secondary N) is 3. The van der Waals surface area contributed by atoms with Crippen LogP contribution in [0.4, 0.5) is 8.78 Å². The molecule has 0 fully saturated rings. The first-order valence-electron chi connectivity index (χ1n) is 14.1. The molecule has 0 aliphatic rings. The first-order valence-corrected chi connectivity index (χ1v) is 14.5. The number of ketones is 1. The Morgan fingerprint density at radius 1 is 0.791 bits per heavy atom. The van der Waals surface area contributed by atoms with Gasteiger partial charge in [-0.25, -0.2) is 0 Å². The average molecular weight is 612 g/mol. The van der Waals surface area contributed by atoms with Crippen molar-refractivity contribution in [3.05, 3.63) is 107 Å². The molecule has 43 heavy (non-hydrogen) atoms. The lowest BCUT2D eigenvalue weighted by atomic mass is 9.94. The molecule has 0 radical (unpaired) electrons. The van der Waals surface area contributed by atoms with Crippen molar-refractivity contribution in [3.8, 4) is 0 Å². The Labute approximate surface area is 255 Å². The van der Waals surface area contributed by atoms with E-state index < -0.39 is 47.4 Å². The Kier molecular flexibility index (Phi) is 12.4. The van der Waals surface area contributed by atoms with Crippen molar-refractivity contribution in [1.82, 2.24) is 16.0 Å². The molecule has 0 saturated heterocycles. The molecule has 0 saturated carbocycles. The second-order valence-corrected chi connectivity index (χ2v) is 11.0. The number of carbonyl (C=O) groups excluding carboxylic acids is 4. The molecule has 0 bridgehead atoms. The Morgan fingerprint density at radius 3 is 2.00 bits per heavy atom. The van der Waals surface area contributed by atoms with E-state index in [-0.39, 0.29) is 19.4 Å². The summed E-state index contributed by atoms with van der Waals surface area (Å²) in [5, 5.41) is 7.72. The third-order valence-corrected chi connectivity index (χ3v) is 7.08. The van der Waals surface area contributed by atoms with Gasteiger partial charge in [-0.3, -0.25) is 19.2 Å². The second-order valence-electron chi connectivity index (χ2n) is 10.6. The molecular weight excluding hydrogens is 576 g/mol. The number of Topliss-reactive ketones (excluding diaryl/α,β-unsaturated/α-hetero) is 1. The van der Waals surface area contributed by atoms with Crippen molar-refractivity contribution >= 4 is 35.1 Å². The van der Waals surface area contributed by atoms with Crippen LogP contribution in [0.1, 0.15) is 37.0 Å². The van der Waals surface area contributed by atoms with Gasteiger partial charge in [0.1, 0.15) is 6.04 Å². The first kappa shape index (κ1) is 33.4. The normalized spacial score (nSPS) is 12.7. The van der Waals surface area contributed by atoms with Crippen LogP contribution in [0.25, 0.3) is 0 Å². The zero-order valence-corrected chi connectivity index (χ0v) is 24.9. The van der Waals surface area contributed by atoms with E-state index in [0.717, 1.165) is 11.1 Å². The molecule has 2 atom stereocenters. The van der Waals surface area contributed by atoms with E-state index >= 15 is 8.78 Å². The second kappa shape index (κ2) is 15.9. The van der Waals surface area contributed by atoms with E-state index in [1.807, 2.05) is 12.1 Å².